The van der Waals surface area contributed by atoms with Crippen molar-refractivity contribution >= 4 is 93.1 Å². The lowest BCUT2D eigenvalue weighted by atomic mass is 10.0. The molecule has 2 aromatic carbocycles. The zero-order chi connectivity index (χ0) is 51.7. The number of benzene rings is 2. The second kappa shape index (κ2) is 33.6. The summed E-state index contributed by atoms with van der Waals surface area (Å²) in [6.45, 7) is 5.06. The van der Waals surface area contributed by atoms with E-state index in [4.69, 9.17) is 56.3 Å². The van der Waals surface area contributed by atoms with E-state index in [-0.39, 0.29) is 74.1 Å². The molecule has 0 spiro atoms. The van der Waals surface area contributed by atoms with Gasteiger partial charge in [0.1, 0.15) is 17.8 Å². The number of amides is 7. The number of imide groups is 1. The third-order valence-electron chi connectivity index (χ3n) is 8.74. The van der Waals surface area contributed by atoms with Crippen LogP contribution >= 0.6 is 11.8 Å². The minimum atomic E-state index is -1.09. The molecule has 380 valence electrons. The van der Waals surface area contributed by atoms with E-state index in [0.717, 1.165) is 54.0 Å². The van der Waals surface area contributed by atoms with Crippen molar-refractivity contribution in [1.29, 1.82) is 0 Å². The summed E-state index contributed by atoms with van der Waals surface area (Å²) in [6.07, 6.45) is 4.80. The standard InChI is InChI=1S/C34H46N12O8S.2C4H11N3/c35-26(47)17-42-29(50)23(9-4-14-41-33(38)39)45-28(49)18-43-30(51)22(8-3-13-40-32(36)37)44-27(48)10-5-15-54-24-12-11-19(20-6-1-2-7-21(20)24)16-25-31(52)46-34(53)55-25;2*1-2-3-7-4(5)6/h1-2,6-7,11-12,16,22-23H,3-5,8-10,13-15,17-18H2,(H2,35,47)(H,42,50)(H,43,51)(H,44,48)(H,45,49)(H4,36,37,40)(H4,38,39,41)(H,46,52,53);2*2-3H2,1H3,(H4,5,6,7)/b25-16-;;. The topological polar surface area (TPSA) is 472 Å². The highest BCUT2D eigenvalue weighted by Crippen LogP contribution is 2.33. The Morgan fingerprint density at radius 2 is 1.14 bits per heavy atom. The van der Waals surface area contributed by atoms with Gasteiger partial charge in [0, 0.05) is 38.0 Å². The van der Waals surface area contributed by atoms with Gasteiger partial charge in [0.2, 0.25) is 29.5 Å². The number of ether oxygens (including phenoxy) is 1. The van der Waals surface area contributed by atoms with E-state index in [1.165, 1.54) is 0 Å². The first kappa shape index (κ1) is 59.2. The van der Waals surface area contributed by atoms with Gasteiger partial charge in [-0.2, -0.15) is 0 Å². The van der Waals surface area contributed by atoms with E-state index in [0.29, 0.717) is 18.6 Å². The summed E-state index contributed by atoms with van der Waals surface area (Å²) in [5.41, 5.74) is 47.3. The highest BCUT2D eigenvalue weighted by atomic mass is 32.2. The summed E-state index contributed by atoms with van der Waals surface area (Å²) in [4.78, 5) is 102. The number of hydrogen-bond acceptors (Lipinski definition) is 13. The van der Waals surface area contributed by atoms with Crippen LogP contribution in [0.1, 0.15) is 70.8 Å². The SMILES string of the molecule is CCCN=C(N)N.CCCN=C(N)N.NC(=O)CNC(=O)C(CCCN=C(N)N)NC(=O)CNC(=O)C(CCCN=C(N)N)NC(=O)CCCOc1ccc(/C=C2\SC(=O)NC2=O)c2ccccc12. The van der Waals surface area contributed by atoms with Crippen LogP contribution in [0.15, 0.2) is 61.3 Å². The van der Waals surface area contributed by atoms with Gasteiger partial charge in [0.05, 0.1) is 24.6 Å². The van der Waals surface area contributed by atoms with E-state index >= 15 is 0 Å². The predicted octanol–water partition coefficient (Wildman–Crippen LogP) is -2.54. The van der Waals surface area contributed by atoms with Crippen LogP contribution in [0.5, 0.6) is 5.75 Å². The average molecular weight is 985 g/mol. The number of fused-ring (bicyclic) bond motifs is 1. The second-order valence-corrected chi connectivity index (χ2v) is 15.7. The molecule has 1 aliphatic rings. The lowest BCUT2D eigenvalue weighted by Crippen LogP contribution is -2.52. The smallest absolute Gasteiger partial charge is 0.290 e. The van der Waals surface area contributed by atoms with Crippen molar-refractivity contribution in [2.75, 3.05) is 45.9 Å². The Hall–Kier alpha value is -7.84. The average Bonchev–Trinajstić information content (AvgIpc) is 3.62. The van der Waals surface area contributed by atoms with E-state index in [1.807, 2.05) is 38.1 Å². The van der Waals surface area contributed by atoms with Gasteiger partial charge in [-0.1, -0.05) is 44.2 Å². The van der Waals surface area contributed by atoms with E-state index < -0.39 is 65.9 Å². The van der Waals surface area contributed by atoms with Crippen LogP contribution in [0, 0.1) is 0 Å². The number of nitrogens with zero attached hydrogens (tertiary/aromatic N) is 4. The number of nitrogens with one attached hydrogen (secondary N) is 5. The van der Waals surface area contributed by atoms with E-state index in [1.54, 1.807) is 18.2 Å². The van der Waals surface area contributed by atoms with Crippen LogP contribution in [-0.4, -0.2) is 122 Å². The summed E-state index contributed by atoms with van der Waals surface area (Å²) in [5.74, 6) is -3.10. The molecular weight excluding hydrogens is 917 g/mol. The monoisotopic (exact) mass is 985 g/mol. The van der Waals surface area contributed by atoms with Crippen LogP contribution in [0.2, 0.25) is 0 Å². The molecule has 23 N–H and O–H groups in total. The number of rotatable bonds is 26. The molecule has 0 aliphatic carbocycles. The van der Waals surface area contributed by atoms with Crippen molar-refractivity contribution < 1.29 is 38.3 Å². The van der Waals surface area contributed by atoms with Crippen molar-refractivity contribution in [1.82, 2.24) is 26.6 Å². The molecule has 0 aromatic heterocycles. The molecule has 2 atom stereocenters. The van der Waals surface area contributed by atoms with E-state index in [2.05, 4.69) is 46.6 Å². The largest absolute Gasteiger partial charge is 0.493 e. The minimum Gasteiger partial charge on any atom is -0.493 e. The Bertz CT molecular complexity index is 2160. The van der Waals surface area contributed by atoms with Crippen LogP contribution in [0.25, 0.3) is 16.8 Å². The molecule has 0 radical (unpaired) electrons. The fourth-order valence-electron chi connectivity index (χ4n) is 5.65. The fourth-order valence-corrected chi connectivity index (χ4v) is 6.32. The molecule has 69 heavy (non-hydrogen) atoms. The third kappa shape index (κ3) is 26.8. The van der Waals surface area contributed by atoms with Gasteiger partial charge in [-0.15, -0.1) is 0 Å². The molecule has 1 saturated heterocycles. The number of primary amides is 1. The molecule has 27 heteroatoms. The first-order valence-corrected chi connectivity index (χ1v) is 22.6. The fraction of sp³-hybridized carbons (Fsp3) is 0.452. The van der Waals surface area contributed by atoms with Crippen molar-refractivity contribution in [3.63, 3.8) is 0 Å². The Labute approximate surface area is 404 Å². The normalized spacial score (nSPS) is 12.8. The number of aliphatic imine (C=N–C) groups is 4. The van der Waals surface area contributed by atoms with Gasteiger partial charge < -0.3 is 77.6 Å². The van der Waals surface area contributed by atoms with Crippen LogP contribution in [0.3, 0.4) is 0 Å². The summed E-state index contributed by atoms with van der Waals surface area (Å²) >= 11 is 0.825. The van der Waals surface area contributed by atoms with Gasteiger partial charge in [-0.05, 0) is 79.8 Å². The van der Waals surface area contributed by atoms with Gasteiger partial charge in [-0.3, -0.25) is 58.8 Å². The molecule has 1 heterocycles. The van der Waals surface area contributed by atoms with Gasteiger partial charge in [-0.25, -0.2) is 0 Å². The third-order valence-corrected chi connectivity index (χ3v) is 9.55. The van der Waals surface area contributed by atoms with E-state index in [9.17, 15) is 33.6 Å². The molecule has 2 unspecified atom stereocenters. The maximum atomic E-state index is 13.2. The van der Waals surface area contributed by atoms with Crippen molar-refractivity contribution in [2.45, 2.75) is 77.3 Å². The zero-order valence-electron chi connectivity index (χ0n) is 39.0. The minimum absolute atomic E-state index is 0.00257. The second-order valence-electron chi connectivity index (χ2n) is 14.7. The predicted molar refractivity (Wildman–Crippen MR) is 269 cm³/mol. The summed E-state index contributed by atoms with van der Waals surface area (Å²) in [6, 6.07) is 8.76. The van der Waals surface area contributed by atoms with Crippen molar-refractivity contribution in [2.24, 2.45) is 71.6 Å². The van der Waals surface area contributed by atoms with Crippen LogP contribution in [0.4, 0.5) is 4.79 Å². The van der Waals surface area contributed by atoms with Gasteiger partial charge in [0.15, 0.2) is 23.8 Å². The Balaban J connectivity index is 0.00000147. The highest BCUT2D eigenvalue weighted by molar-refractivity contribution is 8.18. The number of thioether (sulfide) groups is 1. The molecule has 3 rings (SSSR count). The molecule has 0 bridgehead atoms. The molecule has 1 aliphatic heterocycles. The summed E-state index contributed by atoms with van der Waals surface area (Å²) < 4.78 is 6.00. The lowest BCUT2D eigenvalue weighted by Gasteiger charge is -2.20. The highest BCUT2D eigenvalue weighted by Gasteiger charge is 2.26. The number of guanidine groups is 4. The number of nitrogens with two attached hydrogens (primary N) is 9. The molecule has 26 nitrogen and oxygen atoms in total. The summed E-state index contributed by atoms with van der Waals surface area (Å²) in [5, 5.41) is 13.3. The van der Waals surface area contributed by atoms with Crippen molar-refractivity contribution in [3.05, 3.63) is 46.9 Å². The van der Waals surface area contributed by atoms with Crippen LogP contribution < -0.4 is 82.9 Å². The van der Waals surface area contributed by atoms with Crippen LogP contribution in [-0.2, 0) is 28.8 Å². The Morgan fingerprint density at radius 1 is 0.652 bits per heavy atom. The maximum Gasteiger partial charge on any atom is 0.290 e. The summed E-state index contributed by atoms with van der Waals surface area (Å²) in [7, 11) is 0. The van der Waals surface area contributed by atoms with Crippen molar-refractivity contribution in [3.8, 4) is 5.75 Å². The molecule has 0 saturated carbocycles. The number of hydrogen-bond donors (Lipinski definition) is 14. The number of carbonyl (C=O) groups is 7. The molecule has 2 aromatic rings. The first-order valence-electron chi connectivity index (χ1n) is 21.8. The van der Waals surface area contributed by atoms with Gasteiger partial charge in [0.25, 0.3) is 11.1 Å². The molecule has 7 amide bonds. The van der Waals surface area contributed by atoms with Gasteiger partial charge >= 0.3 is 0 Å². The Kier molecular flexibility index (Phi) is 28.8. The first-order chi connectivity index (χ1) is 32.8. The maximum absolute atomic E-state index is 13.2. The molecular formula is C42H68N18O8S. The molecule has 1 fully saturated rings. The zero-order valence-corrected chi connectivity index (χ0v) is 39.8. The quantitative estimate of drug-likeness (QED) is 0.0200. The Morgan fingerprint density at radius 3 is 1.61 bits per heavy atom. The number of carbonyl (C=O) groups excluding carboxylic acids is 7. The lowest BCUT2D eigenvalue weighted by molar-refractivity contribution is -0.132.